The molecule has 1 aliphatic rings. The van der Waals surface area contributed by atoms with E-state index in [1.165, 1.54) is 6.08 Å². The van der Waals surface area contributed by atoms with E-state index >= 15 is 0 Å². The van der Waals surface area contributed by atoms with Crippen molar-refractivity contribution in [1.29, 1.82) is 0 Å². The SMILES string of the molecule is C=CC(=O)NC1c2ccccc2N(C)c2ccccc21. The molecule has 0 aliphatic carbocycles. The summed E-state index contributed by atoms with van der Waals surface area (Å²) in [4.78, 5) is 13.9. The third kappa shape index (κ3) is 1.88. The van der Waals surface area contributed by atoms with Crippen LogP contribution in [0.25, 0.3) is 0 Å². The van der Waals surface area contributed by atoms with Crippen LogP contribution in [0.1, 0.15) is 17.2 Å². The van der Waals surface area contributed by atoms with Crippen LogP contribution in [0.3, 0.4) is 0 Å². The monoisotopic (exact) mass is 264 g/mol. The highest BCUT2D eigenvalue weighted by Gasteiger charge is 2.28. The highest BCUT2D eigenvalue weighted by Crippen LogP contribution is 2.42. The summed E-state index contributed by atoms with van der Waals surface area (Å²) < 4.78 is 0. The molecule has 0 aromatic heterocycles. The zero-order chi connectivity index (χ0) is 14.1. The van der Waals surface area contributed by atoms with Gasteiger partial charge in [-0.25, -0.2) is 0 Å². The number of hydrogen-bond donors (Lipinski definition) is 1. The van der Waals surface area contributed by atoms with E-state index in [-0.39, 0.29) is 11.9 Å². The van der Waals surface area contributed by atoms with Crippen molar-refractivity contribution >= 4 is 17.3 Å². The van der Waals surface area contributed by atoms with Gasteiger partial charge < -0.3 is 10.2 Å². The Morgan fingerprint density at radius 3 is 2.10 bits per heavy atom. The molecular weight excluding hydrogens is 248 g/mol. The molecule has 3 rings (SSSR count). The first kappa shape index (κ1) is 12.5. The highest BCUT2D eigenvalue weighted by atomic mass is 16.1. The number of nitrogens with zero attached hydrogens (tertiary/aromatic N) is 1. The van der Waals surface area contributed by atoms with Crippen LogP contribution in [-0.2, 0) is 4.79 Å². The first-order valence-electron chi connectivity index (χ1n) is 6.57. The largest absolute Gasteiger partial charge is 0.344 e. The van der Waals surface area contributed by atoms with Crippen molar-refractivity contribution in [2.45, 2.75) is 6.04 Å². The average Bonchev–Trinajstić information content (AvgIpc) is 2.51. The zero-order valence-corrected chi connectivity index (χ0v) is 11.3. The number of carbonyl (C=O) groups excluding carboxylic acids is 1. The van der Waals surface area contributed by atoms with Gasteiger partial charge in [0.25, 0.3) is 0 Å². The van der Waals surface area contributed by atoms with Crippen molar-refractivity contribution in [1.82, 2.24) is 5.32 Å². The van der Waals surface area contributed by atoms with Gasteiger partial charge in [0.05, 0.1) is 6.04 Å². The van der Waals surface area contributed by atoms with Gasteiger partial charge in [0.2, 0.25) is 5.91 Å². The molecule has 2 aromatic rings. The van der Waals surface area contributed by atoms with Gasteiger partial charge in [0.15, 0.2) is 0 Å². The predicted molar refractivity (Wildman–Crippen MR) is 81.1 cm³/mol. The lowest BCUT2D eigenvalue weighted by molar-refractivity contribution is -0.116. The first-order chi connectivity index (χ1) is 9.72. The third-order valence-electron chi connectivity index (χ3n) is 3.69. The lowest BCUT2D eigenvalue weighted by Gasteiger charge is -2.35. The summed E-state index contributed by atoms with van der Waals surface area (Å²) in [5.41, 5.74) is 4.42. The van der Waals surface area contributed by atoms with E-state index in [2.05, 4.69) is 41.1 Å². The number of rotatable bonds is 2. The number of nitrogens with one attached hydrogen (secondary N) is 1. The van der Waals surface area contributed by atoms with Crippen LogP contribution in [0, 0.1) is 0 Å². The molecule has 100 valence electrons. The number of carbonyl (C=O) groups is 1. The minimum Gasteiger partial charge on any atom is -0.344 e. The van der Waals surface area contributed by atoms with Gasteiger partial charge in [-0.2, -0.15) is 0 Å². The van der Waals surface area contributed by atoms with Crippen molar-refractivity contribution in [3.63, 3.8) is 0 Å². The Hall–Kier alpha value is -2.55. The van der Waals surface area contributed by atoms with Crippen LogP contribution in [0.2, 0.25) is 0 Å². The van der Waals surface area contributed by atoms with E-state index in [9.17, 15) is 4.79 Å². The molecule has 3 heteroatoms. The van der Waals surface area contributed by atoms with Gasteiger partial charge in [-0.15, -0.1) is 0 Å². The second-order valence-electron chi connectivity index (χ2n) is 4.82. The van der Waals surface area contributed by atoms with E-state index < -0.39 is 0 Å². The van der Waals surface area contributed by atoms with E-state index in [1.807, 2.05) is 31.3 Å². The Morgan fingerprint density at radius 2 is 1.60 bits per heavy atom. The molecule has 0 fully saturated rings. The number of para-hydroxylation sites is 2. The Bertz CT molecular complexity index is 631. The molecule has 1 aliphatic heterocycles. The Labute approximate surface area is 118 Å². The molecule has 0 spiro atoms. The predicted octanol–water partition coefficient (Wildman–Crippen LogP) is 3.16. The molecule has 3 nitrogen and oxygen atoms in total. The van der Waals surface area contributed by atoms with Crippen LogP contribution in [0.4, 0.5) is 11.4 Å². The van der Waals surface area contributed by atoms with E-state index in [0.29, 0.717) is 0 Å². The summed E-state index contributed by atoms with van der Waals surface area (Å²) in [6.07, 6.45) is 1.31. The normalized spacial score (nSPS) is 13.3. The molecule has 0 unspecified atom stereocenters. The van der Waals surface area contributed by atoms with Crippen LogP contribution < -0.4 is 10.2 Å². The number of anilines is 2. The van der Waals surface area contributed by atoms with Crippen molar-refractivity contribution in [2.24, 2.45) is 0 Å². The molecule has 0 atom stereocenters. The molecule has 1 heterocycles. The molecule has 0 saturated carbocycles. The lowest BCUT2D eigenvalue weighted by atomic mass is 9.91. The zero-order valence-electron chi connectivity index (χ0n) is 11.3. The second kappa shape index (κ2) is 4.85. The summed E-state index contributed by atoms with van der Waals surface area (Å²) in [5, 5.41) is 3.02. The Morgan fingerprint density at radius 1 is 1.10 bits per heavy atom. The maximum atomic E-state index is 11.7. The summed E-state index contributed by atoms with van der Waals surface area (Å²) >= 11 is 0. The van der Waals surface area contributed by atoms with E-state index in [1.54, 1.807) is 0 Å². The van der Waals surface area contributed by atoms with Crippen molar-refractivity contribution < 1.29 is 4.79 Å². The van der Waals surface area contributed by atoms with Crippen LogP contribution in [-0.4, -0.2) is 13.0 Å². The minimum absolute atomic E-state index is 0.135. The van der Waals surface area contributed by atoms with Crippen LogP contribution >= 0.6 is 0 Å². The number of benzene rings is 2. The fourth-order valence-corrected chi connectivity index (χ4v) is 2.73. The molecule has 20 heavy (non-hydrogen) atoms. The smallest absolute Gasteiger partial charge is 0.244 e. The summed E-state index contributed by atoms with van der Waals surface area (Å²) in [5.74, 6) is -0.163. The Balaban J connectivity index is 2.16. The fourth-order valence-electron chi connectivity index (χ4n) is 2.73. The van der Waals surface area contributed by atoms with Crippen molar-refractivity contribution in [3.05, 3.63) is 72.3 Å². The third-order valence-corrected chi connectivity index (χ3v) is 3.69. The van der Waals surface area contributed by atoms with Gasteiger partial charge in [0.1, 0.15) is 0 Å². The molecule has 0 bridgehead atoms. The molecular formula is C17H16N2O. The number of fused-ring (bicyclic) bond motifs is 2. The summed E-state index contributed by atoms with van der Waals surface area (Å²) in [7, 11) is 2.04. The summed E-state index contributed by atoms with van der Waals surface area (Å²) in [6.45, 7) is 3.53. The second-order valence-corrected chi connectivity index (χ2v) is 4.82. The fraction of sp³-hybridized carbons (Fsp3) is 0.118. The van der Waals surface area contributed by atoms with Gasteiger partial charge in [0, 0.05) is 29.5 Å². The van der Waals surface area contributed by atoms with Gasteiger partial charge >= 0.3 is 0 Å². The highest BCUT2D eigenvalue weighted by molar-refractivity contribution is 5.89. The molecule has 1 amide bonds. The first-order valence-corrected chi connectivity index (χ1v) is 6.57. The average molecular weight is 264 g/mol. The Kier molecular flexibility index (Phi) is 3.03. The maximum Gasteiger partial charge on any atom is 0.244 e. The summed E-state index contributed by atoms with van der Waals surface area (Å²) in [6, 6.07) is 16.1. The van der Waals surface area contributed by atoms with Crippen LogP contribution in [0.15, 0.2) is 61.2 Å². The van der Waals surface area contributed by atoms with Gasteiger partial charge in [-0.1, -0.05) is 43.0 Å². The van der Waals surface area contributed by atoms with E-state index in [4.69, 9.17) is 0 Å². The maximum absolute atomic E-state index is 11.7. The quantitative estimate of drug-likeness (QED) is 0.845. The molecule has 1 N–H and O–H groups in total. The van der Waals surface area contributed by atoms with Crippen molar-refractivity contribution in [3.8, 4) is 0 Å². The number of amides is 1. The molecule has 0 radical (unpaired) electrons. The standard InChI is InChI=1S/C17H16N2O/c1-3-16(20)18-17-12-8-4-6-10-14(12)19(2)15-11-7-5-9-13(15)17/h3-11,17H,1H2,2H3,(H,18,20). The lowest BCUT2D eigenvalue weighted by Crippen LogP contribution is -2.33. The van der Waals surface area contributed by atoms with Gasteiger partial charge in [-0.3, -0.25) is 4.79 Å². The van der Waals surface area contributed by atoms with Crippen molar-refractivity contribution in [2.75, 3.05) is 11.9 Å². The van der Waals surface area contributed by atoms with Gasteiger partial charge in [-0.05, 0) is 18.2 Å². The van der Waals surface area contributed by atoms with Crippen LogP contribution in [0.5, 0.6) is 0 Å². The minimum atomic E-state index is -0.163. The molecule has 2 aromatic carbocycles. The topological polar surface area (TPSA) is 32.3 Å². The van der Waals surface area contributed by atoms with E-state index in [0.717, 1.165) is 22.5 Å². The molecule has 0 saturated heterocycles. The number of hydrogen-bond acceptors (Lipinski definition) is 2.